The number of rotatable bonds is 1. The van der Waals surface area contributed by atoms with Gasteiger partial charge in [-0.1, -0.05) is 0 Å². The van der Waals surface area contributed by atoms with E-state index in [0.717, 1.165) is 8.98 Å². The van der Waals surface area contributed by atoms with Crippen LogP contribution in [0.4, 0.5) is 0 Å². The normalized spacial score (nSPS) is 14.1. The molecule has 0 aliphatic carbocycles. The van der Waals surface area contributed by atoms with E-state index in [1.54, 1.807) is 0 Å². The molecule has 3 heteroatoms. The van der Waals surface area contributed by atoms with Gasteiger partial charge in [0.15, 0.2) is 0 Å². The Bertz CT molecular complexity index is 462. The number of fused-ring (bicyclic) bond motifs is 1. The van der Waals surface area contributed by atoms with Gasteiger partial charge in [-0.3, -0.25) is 0 Å². The Morgan fingerprint density at radius 2 is 2.15 bits per heavy atom. The Kier molecular flexibility index (Phi) is 2.35. The summed E-state index contributed by atoms with van der Waals surface area (Å²) in [6.45, 7) is 1.45. The van der Waals surface area contributed by atoms with Crippen LogP contribution in [0.1, 0.15) is 6.92 Å². The molecule has 0 radical (unpaired) electrons. The van der Waals surface area contributed by atoms with Crippen LogP contribution in [0.5, 0.6) is 0 Å². The van der Waals surface area contributed by atoms with E-state index in [4.69, 9.17) is 4.74 Å². The van der Waals surface area contributed by atoms with Crippen molar-refractivity contribution in [3.63, 3.8) is 0 Å². The first-order valence-electron chi connectivity index (χ1n) is 3.92. The monoisotopic (exact) mass is 288 g/mol. The molecule has 0 unspecified atom stereocenters. The number of carbonyl (C=O) groups excluding carboxylic acids is 1. The maximum absolute atomic E-state index is 10.8. The Morgan fingerprint density at radius 3 is 2.92 bits per heavy atom. The van der Waals surface area contributed by atoms with Gasteiger partial charge in [0.1, 0.15) is 0 Å². The molecule has 0 saturated heterocycles. The molecule has 0 N–H and O–H groups in total. The quantitative estimate of drug-likeness (QED) is 0.563. The van der Waals surface area contributed by atoms with Crippen molar-refractivity contribution in [2.45, 2.75) is 6.92 Å². The fraction of sp³-hybridized carbons (Fsp3) is 0.100. The van der Waals surface area contributed by atoms with Crippen LogP contribution in [0, 0.1) is 0 Å². The van der Waals surface area contributed by atoms with Crippen molar-refractivity contribution in [1.29, 1.82) is 0 Å². The molecule has 13 heavy (non-hydrogen) atoms. The van der Waals surface area contributed by atoms with Crippen molar-refractivity contribution < 1.29 is 9.53 Å². The molecule has 1 aromatic rings. The van der Waals surface area contributed by atoms with E-state index in [1.165, 1.54) is 12.1 Å². The Hall–Kier alpha value is -0.840. The van der Waals surface area contributed by atoms with Gasteiger partial charge in [-0.2, -0.15) is 0 Å². The summed E-state index contributed by atoms with van der Waals surface area (Å²) in [5, 5.41) is 2.31. The summed E-state index contributed by atoms with van der Waals surface area (Å²) < 4.78 is 8.23. The van der Waals surface area contributed by atoms with Gasteiger partial charge in [-0.05, 0) is 0 Å². The van der Waals surface area contributed by atoms with Gasteiger partial charge < -0.3 is 0 Å². The SMILES string of the molecule is CC(=O)OC1=c2ccccc2=C[IH]1. The third-order valence-corrected chi connectivity index (χ3v) is 4.25. The summed E-state index contributed by atoms with van der Waals surface area (Å²) in [6, 6.07) is 8.02. The summed E-state index contributed by atoms with van der Waals surface area (Å²) in [5.74, 6) is -0.217. The van der Waals surface area contributed by atoms with E-state index < -0.39 is 21.2 Å². The Labute approximate surface area is 86.2 Å². The molecule has 0 fully saturated rings. The zero-order valence-corrected chi connectivity index (χ0v) is 9.44. The molecule has 1 aliphatic rings. The first-order valence-corrected chi connectivity index (χ1v) is 6.43. The van der Waals surface area contributed by atoms with E-state index in [0.29, 0.717) is 0 Å². The standard InChI is InChI=1S/C10H9IO2/c1-7(12)13-10-9-5-3-2-4-8(9)6-11-10/h2-6,11H,1H3. The molecular weight excluding hydrogens is 279 g/mol. The van der Waals surface area contributed by atoms with Gasteiger partial charge in [0, 0.05) is 0 Å². The van der Waals surface area contributed by atoms with Crippen LogP contribution < -0.4 is 10.4 Å². The molecule has 0 saturated carbocycles. The van der Waals surface area contributed by atoms with Gasteiger partial charge >= 0.3 is 86.2 Å². The summed E-state index contributed by atoms with van der Waals surface area (Å²) in [7, 11) is 0. The van der Waals surface area contributed by atoms with Crippen LogP contribution in [0.2, 0.25) is 0 Å². The van der Waals surface area contributed by atoms with Gasteiger partial charge in [0.25, 0.3) is 0 Å². The minimum absolute atomic E-state index is 0.217. The second-order valence-electron chi connectivity index (χ2n) is 2.70. The molecule has 68 valence electrons. The topological polar surface area (TPSA) is 26.3 Å². The molecule has 1 heterocycles. The van der Waals surface area contributed by atoms with Gasteiger partial charge in [0.05, 0.1) is 0 Å². The van der Waals surface area contributed by atoms with Crippen LogP contribution in [0.3, 0.4) is 0 Å². The maximum atomic E-state index is 10.8. The first-order chi connectivity index (χ1) is 6.27. The number of halogens is 1. The van der Waals surface area contributed by atoms with Gasteiger partial charge in [-0.25, -0.2) is 0 Å². The van der Waals surface area contributed by atoms with E-state index in [1.807, 2.05) is 18.2 Å². The van der Waals surface area contributed by atoms with Crippen molar-refractivity contribution in [3.8, 4) is 0 Å². The van der Waals surface area contributed by atoms with Crippen molar-refractivity contribution in [2.24, 2.45) is 0 Å². The van der Waals surface area contributed by atoms with E-state index in [-0.39, 0.29) is 5.97 Å². The van der Waals surface area contributed by atoms with Crippen LogP contribution in [-0.2, 0) is 9.53 Å². The minimum atomic E-state index is -0.413. The predicted molar refractivity (Wildman–Crippen MR) is 60.7 cm³/mol. The number of esters is 1. The van der Waals surface area contributed by atoms with Crippen LogP contribution in [-0.4, -0.2) is 5.97 Å². The van der Waals surface area contributed by atoms with Crippen molar-refractivity contribution >= 4 is 35.0 Å². The summed E-state index contributed by atoms with van der Waals surface area (Å²) in [6.07, 6.45) is 0. The zero-order valence-electron chi connectivity index (χ0n) is 7.11. The molecule has 1 aliphatic heterocycles. The Balaban J connectivity index is 2.54. The van der Waals surface area contributed by atoms with E-state index in [9.17, 15) is 4.79 Å². The van der Waals surface area contributed by atoms with Crippen LogP contribution >= 0.6 is 21.2 Å². The Morgan fingerprint density at radius 1 is 1.38 bits per heavy atom. The average Bonchev–Trinajstić information content (AvgIpc) is 2.48. The molecule has 2 nitrogen and oxygen atoms in total. The molecular formula is C10H9IO2. The van der Waals surface area contributed by atoms with Crippen molar-refractivity contribution in [2.75, 3.05) is 0 Å². The molecule has 0 aromatic heterocycles. The predicted octanol–water partition coefficient (Wildman–Crippen LogP) is 0.770. The van der Waals surface area contributed by atoms with E-state index in [2.05, 4.69) is 10.1 Å². The molecule has 0 bridgehead atoms. The molecule has 1 aromatic carbocycles. The third-order valence-electron chi connectivity index (χ3n) is 1.71. The number of hydrogen-bond acceptors (Lipinski definition) is 2. The summed E-state index contributed by atoms with van der Waals surface area (Å²) in [4.78, 5) is 10.8. The van der Waals surface area contributed by atoms with Crippen molar-refractivity contribution in [3.05, 3.63) is 34.7 Å². The second-order valence-corrected chi connectivity index (χ2v) is 5.11. The van der Waals surface area contributed by atoms with Gasteiger partial charge in [0.2, 0.25) is 0 Å². The summed E-state index contributed by atoms with van der Waals surface area (Å²) in [5.41, 5.74) is 0. The molecule has 0 atom stereocenters. The fourth-order valence-corrected chi connectivity index (χ4v) is 3.80. The molecule has 2 rings (SSSR count). The van der Waals surface area contributed by atoms with Crippen molar-refractivity contribution in [1.82, 2.24) is 0 Å². The van der Waals surface area contributed by atoms with Crippen LogP contribution in [0.25, 0.3) is 7.85 Å². The summed E-state index contributed by atoms with van der Waals surface area (Å²) >= 11 is -0.413. The van der Waals surface area contributed by atoms with Crippen LogP contribution in [0.15, 0.2) is 24.3 Å². The number of carbonyl (C=O) groups is 1. The number of ether oxygens (including phenoxy) is 1. The first kappa shape index (κ1) is 8.74. The van der Waals surface area contributed by atoms with E-state index >= 15 is 0 Å². The fourth-order valence-electron chi connectivity index (χ4n) is 1.18. The second kappa shape index (κ2) is 3.49. The number of hydrogen-bond donors (Lipinski definition) is 0. The third kappa shape index (κ3) is 1.75. The number of benzene rings is 1. The average molecular weight is 288 g/mol. The zero-order chi connectivity index (χ0) is 9.26. The molecule has 0 amide bonds. The van der Waals surface area contributed by atoms with Gasteiger partial charge in [-0.15, -0.1) is 0 Å². The molecule has 0 spiro atoms.